The summed E-state index contributed by atoms with van der Waals surface area (Å²) in [5, 5.41) is 0. The van der Waals surface area contributed by atoms with Crippen LogP contribution in [0.3, 0.4) is 0 Å². The smallest absolute Gasteiger partial charge is 0.319 e. The number of halogens is 2. The number of anilines is 1. The molecule has 10 heteroatoms. The van der Waals surface area contributed by atoms with Gasteiger partial charge >= 0.3 is 6.03 Å². The topological polar surface area (TPSA) is 87.8 Å². The molecule has 1 saturated carbocycles. The van der Waals surface area contributed by atoms with Crippen LogP contribution in [0.2, 0.25) is 0 Å². The Hall–Kier alpha value is -1.35. The zero-order chi connectivity index (χ0) is 18.0. The summed E-state index contributed by atoms with van der Waals surface area (Å²) in [6, 6.07) is 2.43. The molecular formula is C17H30Cl2N6O2. The number of amides is 2. The standard InChI is InChI=1S/C17H28N6O2.2ClH/c1-21(2)17(24)23-6-4-22(5-7-23)16-10-14(12-8-13(18)9-12)19-15(20-16)11-25-3;;/h10,12-13H,4-9,11,18H2,1-3H3;2*1H. The van der Waals surface area contributed by atoms with E-state index in [1.807, 2.05) is 4.90 Å². The van der Waals surface area contributed by atoms with Gasteiger partial charge in [-0.3, -0.25) is 0 Å². The molecule has 2 N–H and O–H groups in total. The van der Waals surface area contributed by atoms with Crippen molar-refractivity contribution in [2.24, 2.45) is 5.73 Å². The van der Waals surface area contributed by atoms with Crippen molar-refractivity contribution in [3.8, 4) is 0 Å². The lowest BCUT2D eigenvalue weighted by Crippen LogP contribution is -2.51. The zero-order valence-electron chi connectivity index (χ0n) is 16.1. The summed E-state index contributed by atoms with van der Waals surface area (Å²) in [6.07, 6.45) is 1.96. The van der Waals surface area contributed by atoms with Gasteiger partial charge in [0.25, 0.3) is 0 Å². The molecule has 2 heterocycles. The number of rotatable bonds is 4. The zero-order valence-corrected chi connectivity index (χ0v) is 17.8. The van der Waals surface area contributed by atoms with Crippen molar-refractivity contribution >= 4 is 36.7 Å². The molecule has 154 valence electrons. The molecule has 8 nitrogen and oxygen atoms in total. The predicted octanol–water partition coefficient (Wildman–Crippen LogP) is 1.47. The summed E-state index contributed by atoms with van der Waals surface area (Å²) in [5.74, 6) is 2.06. The van der Waals surface area contributed by atoms with E-state index in [0.717, 1.165) is 37.4 Å². The Morgan fingerprint density at radius 3 is 2.37 bits per heavy atom. The minimum absolute atomic E-state index is 0. The number of carbonyl (C=O) groups excluding carboxylic acids is 1. The molecule has 3 rings (SSSR count). The van der Waals surface area contributed by atoms with Gasteiger partial charge in [-0.1, -0.05) is 0 Å². The van der Waals surface area contributed by atoms with E-state index in [-0.39, 0.29) is 36.9 Å². The maximum atomic E-state index is 12.1. The van der Waals surface area contributed by atoms with E-state index >= 15 is 0 Å². The second-order valence-corrected chi connectivity index (χ2v) is 7.08. The molecule has 0 atom stereocenters. The second kappa shape index (κ2) is 10.3. The van der Waals surface area contributed by atoms with Gasteiger partial charge in [-0.05, 0) is 12.8 Å². The van der Waals surface area contributed by atoms with Crippen LogP contribution in [0.1, 0.15) is 30.3 Å². The van der Waals surface area contributed by atoms with Crippen LogP contribution in [0, 0.1) is 0 Å². The molecule has 0 radical (unpaired) electrons. The maximum absolute atomic E-state index is 12.1. The fourth-order valence-electron chi connectivity index (χ4n) is 3.38. The van der Waals surface area contributed by atoms with Crippen LogP contribution in [-0.2, 0) is 11.3 Å². The Labute approximate surface area is 173 Å². The fourth-order valence-corrected chi connectivity index (χ4v) is 3.38. The van der Waals surface area contributed by atoms with Crippen molar-refractivity contribution < 1.29 is 9.53 Å². The van der Waals surface area contributed by atoms with Gasteiger partial charge in [0.2, 0.25) is 0 Å². The number of hydrogen-bond donors (Lipinski definition) is 1. The van der Waals surface area contributed by atoms with Crippen molar-refractivity contribution in [2.45, 2.75) is 31.4 Å². The van der Waals surface area contributed by atoms with Crippen LogP contribution in [0.25, 0.3) is 0 Å². The van der Waals surface area contributed by atoms with Crippen LogP contribution < -0.4 is 10.6 Å². The summed E-state index contributed by atoms with van der Waals surface area (Å²) >= 11 is 0. The minimum atomic E-state index is 0. The number of hydrogen-bond acceptors (Lipinski definition) is 6. The summed E-state index contributed by atoms with van der Waals surface area (Å²) in [6.45, 7) is 3.34. The van der Waals surface area contributed by atoms with Crippen molar-refractivity contribution in [3.05, 3.63) is 17.6 Å². The number of aromatic nitrogens is 2. The number of methoxy groups -OCH3 is 1. The van der Waals surface area contributed by atoms with Gasteiger partial charge in [-0.2, -0.15) is 0 Å². The molecule has 27 heavy (non-hydrogen) atoms. The average molecular weight is 421 g/mol. The molecule has 1 aromatic heterocycles. The van der Waals surface area contributed by atoms with Crippen molar-refractivity contribution in [2.75, 3.05) is 52.3 Å². The van der Waals surface area contributed by atoms with Gasteiger partial charge in [-0.25, -0.2) is 14.8 Å². The number of piperazine rings is 1. The van der Waals surface area contributed by atoms with E-state index in [1.165, 1.54) is 0 Å². The highest BCUT2D eigenvalue weighted by Crippen LogP contribution is 2.35. The molecule has 0 bridgehead atoms. The first-order valence-electron chi connectivity index (χ1n) is 8.81. The quantitative estimate of drug-likeness (QED) is 0.793. The Bertz CT molecular complexity index is 619. The van der Waals surface area contributed by atoms with Gasteiger partial charge in [0.1, 0.15) is 12.4 Å². The summed E-state index contributed by atoms with van der Waals surface area (Å²) in [7, 11) is 5.22. The van der Waals surface area contributed by atoms with Crippen LogP contribution in [0.15, 0.2) is 6.07 Å². The summed E-state index contributed by atoms with van der Waals surface area (Å²) in [4.78, 5) is 27.1. The third-order valence-electron chi connectivity index (χ3n) is 4.90. The lowest BCUT2D eigenvalue weighted by molar-refractivity contribution is 0.167. The summed E-state index contributed by atoms with van der Waals surface area (Å²) < 4.78 is 5.23. The van der Waals surface area contributed by atoms with Crippen LogP contribution in [0.4, 0.5) is 10.6 Å². The van der Waals surface area contributed by atoms with E-state index in [2.05, 4.69) is 20.9 Å². The monoisotopic (exact) mass is 420 g/mol. The van der Waals surface area contributed by atoms with Crippen molar-refractivity contribution in [3.63, 3.8) is 0 Å². The van der Waals surface area contributed by atoms with Crippen molar-refractivity contribution in [1.29, 1.82) is 0 Å². The number of urea groups is 1. The van der Waals surface area contributed by atoms with Gasteiger partial charge < -0.3 is 25.2 Å². The second-order valence-electron chi connectivity index (χ2n) is 7.08. The number of nitrogens with zero attached hydrogens (tertiary/aromatic N) is 5. The molecule has 2 aliphatic rings. The highest BCUT2D eigenvalue weighted by atomic mass is 35.5. The molecule has 1 aliphatic carbocycles. The van der Waals surface area contributed by atoms with Crippen LogP contribution in [0.5, 0.6) is 0 Å². The van der Waals surface area contributed by atoms with Gasteiger partial charge in [-0.15, -0.1) is 24.8 Å². The third kappa shape index (κ3) is 5.57. The Morgan fingerprint density at radius 1 is 1.22 bits per heavy atom. The first-order valence-corrected chi connectivity index (χ1v) is 8.81. The largest absolute Gasteiger partial charge is 0.377 e. The molecule has 2 amide bonds. The molecule has 1 aromatic rings. The van der Waals surface area contributed by atoms with E-state index in [0.29, 0.717) is 31.4 Å². The maximum Gasteiger partial charge on any atom is 0.319 e. The normalized spacial score (nSPS) is 21.6. The Balaban J connectivity index is 0.00000182. The average Bonchev–Trinajstić information content (AvgIpc) is 2.58. The van der Waals surface area contributed by atoms with E-state index in [9.17, 15) is 4.79 Å². The molecule has 0 aromatic carbocycles. The Morgan fingerprint density at radius 2 is 1.85 bits per heavy atom. The first kappa shape index (κ1) is 23.7. The van der Waals surface area contributed by atoms with Crippen molar-refractivity contribution in [1.82, 2.24) is 19.8 Å². The molecule has 1 aliphatic heterocycles. The summed E-state index contributed by atoms with van der Waals surface area (Å²) in [5.41, 5.74) is 6.99. The van der Waals surface area contributed by atoms with Gasteiger partial charge in [0.05, 0.1) is 0 Å². The highest BCUT2D eigenvalue weighted by molar-refractivity contribution is 5.85. The molecule has 0 spiro atoms. The molecule has 0 unspecified atom stereocenters. The predicted molar refractivity (Wildman–Crippen MR) is 110 cm³/mol. The molecule has 1 saturated heterocycles. The SMILES string of the molecule is COCc1nc(C2CC(N)C2)cc(N2CCN(C(=O)N(C)C)CC2)n1.Cl.Cl. The minimum Gasteiger partial charge on any atom is -0.377 e. The van der Waals surface area contributed by atoms with E-state index < -0.39 is 0 Å². The van der Waals surface area contributed by atoms with Gasteiger partial charge in [0.15, 0.2) is 5.82 Å². The number of carbonyl (C=O) groups is 1. The lowest BCUT2D eigenvalue weighted by Gasteiger charge is -2.37. The van der Waals surface area contributed by atoms with E-state index in [4.69, 9.17) is 10.5 Å². The van der Waals surface area contributed by atoms with E-state index in [1.54, 1.807) is 26.1 Å². The molecular weight excluding hydrogens is 391 g/mol. The fraction of sp³-hybridized carbons (Fsp3) is 0.706. The van der Waals surface area contributed by atoms with Gasteiger partial charge in [0, 0.05) is 71.1 Å². The van der Waals surface area contributed by atoms with Crippen LogP contribution >= 0.6 is 24.8 Å². The lowest BCUT2D eigenvalue weighted by atomic mass is 9.78. The first-order chi connectivity index (χ1) is 12.0. The molecule has 2 fully saturated rings. The number of nitrogens with two attached hydrogens (primary N) is 1. The number of ether oxygens (including phenoxy) is 1. The van der Waals surface area contributed by atoms with Crippen LogP contribution in [-0.4, -0.2) is 79.2 Å². The third-order valence-corrected chi connectivity index (χ3v) is 4.90. The highest BCUT2D eigenvalue weighted by Gasteiger charge is 2.30. The Kier molecular flexibility index (Phi) is 9.01.